The van der Waals surface area contributed by atoms with Crippen LogP contribution in [0, 0.1) is 0 Å². The van der Waals surface area contributed by atoms with Gasteiger partial charge in [0.25, 0.3) is 0 Å². The Bertz CT molecular complexity index is 495. The minimum Gasteiger partial charge on any atom is -0.343 e. The van der Waals surface area contributed by atoms with Gasteiger partial charge in [0.1, 0.15) is 0 Å². The van der Waals surface area contributed by atoms with E-state index >= 15 is 0 Å². The third-order valence-corrected chi connectivity index (χ3v) is 5.30. The van der Waals surface area contributed by atoms with Crippen molar-refractivity contribution >= 4 is 32.6 Å². The van der Waals surface area contributed by atoms with Gasteiger partial charge in [0.15, 0.2) is 21.3 Å². The molecule has 2 heterocycles. The first-order valence-electron chi connectivity index (χ1n) is 4.90. The third-order valence-electron chi connectivity index (χ3n) is 2.54. The summed E-state index contributed by atoms with van der Waals surface area (Å²) in [5.74, 6) is 0.316. The number of thiazole rings is 1. The van der Waals surface area contributed by atoms with Crippen LogP contribution < -0.4 is 4.90 Å². The van der Waals surface area contributed by atoms with E-state index < -0.39 is 9.84 Å². The van der Waals surface area contributed by atoms with Crippen molar-refractivity contribution in [1.82, 2.24) is 4.98 Å². The number of hydrogen-bond donors (Lipinski definition) is 0. The molecule has 0 aliphatic carbocycles. The van der Waals surface area contributed by atoms with Gasteiger partial charge in [-0.05, 0) is 6.92 Å². The number of carbonyl (C=O) groups is 1. The average Bonchev–Trinajstić information content (AvgIpc) is 2.64. The summed E-state index contributed by atoms with van der Waals surface area (Å²) in [5, 5.41) is 0.726. The lowest BCUT2D eigenvalue weighted by atomic mass is 10.3. The van der Waals surface area contributed by atoms with Crippen LogP contribution in [0.25, 0.3) is 0 Å². The molecule has 5 nitrogen and oxygen atoms in total. The molecule has 2 rings (SSSR count). The molecule has 0 N–H and O–H groups in total. The second kappa shape index (κ2) is 4.14. The molecule has 1 unspecified atom stereocenters. The van der Waals surface area contributed by atoms with E-state index in [-0.39, 0.29) is 17.5 Å². The molecule has 1 saturated heterocycles. The third kappa shape index (κ3) is 2.25. The zero-order valence-corrected chi connectivity index (χ0v) is 10.4. The maximum absolute atomic E-state index is 11.4. The minimum absolute atomic E-state index is 0.0793. The summed E-state index contributed by atoms with van der Waals surface area (Å²) in [5.41, 5.74) is 0. The minimum atomic E-state index is -2.91. The zero-order chi connectivity index (χ0) is 11.8. The molecule has 0 saturated carbocycles. The molecule has 0 amide bonds. The molecule has 0 aromatic carbocycles. The monoisotopic (exact) mass is 260 g/mol. The molecule has 88 valence electrons. The number of nitrogens with zero attached hydrogens (tertiary/aromatic N) is 2. The Morgan fingerprint density at radius 3 is 2.94 bits per heavy atom. The first-order valence-corrected chi connectivity index (χ1v) is 7.54. The fraction of sp³-hybridized carbons (Fsp3) is 0.556. The largest absolute Gasteiger partial charge is 0.343 e. The molecule has 7 heteroatoms. The summed E-state index contributed by atoms with van der Waals surface area (Å²) in [6.45, 7) is 2.31. The SMILES string of the molecule is CC1CS(=O)(=O)CCN1c1ncc(C=O)s1. The van der Waals surface area contributed by atoms with Crippen LogP contribution in [0.2, 0.25) is 0 Å². The molecule has 1 atom stereocenters. The summed E-state index contributed by atoms with van der Waals surface area (Å²) in [7, 11) is -2.91. The Balaban J connectivity index is 2.20. The molecule has 1 aromatic rings. The highest BCUT2D eigenvalue weighted by Crippen LogP contribution is 2.25. The van der Waals surface area contributed by atoms with Gasteiger partial charge in [-0.25, -0.2) is 13.4 Å². The smallest absolute Gasteiger partial charge is 0.186 e. The Morgan fingerprint density at radius 2 is 2.38 bits per heavy atom. The highest BCUT2D eigenvalue weighted by Gasteiger charge is 2.29. The first kappa shape index (κ1) is 11.5. The number of aldehydes is 1. The van der Waals surface area contributed by atoms with Gasteiger partial charge in [0, 0.05) is 12.6 Å². The van der Waals surface area contributed by atoms with Crippen LogP contribution >= 0.6 is 11.3 Å². The quantitative estimate of drug-likeness (QED) is 0.728. The van der Waals surface area contributed by atoms with Crippen molar-refractivity contribution in [3.8, 4) is 0 Å². The predicted molar refractivity (Wildman–Crippen MR) is 63.0 cm³/mol. The maximum Gasteiger partial charge on any atom is 0.186 e. The van der Waals surface area contributed by atoms with E-state index in [4.69, 9.17) is 0 Å². The summed E-state index contributed by atoms with van der Waals surface area (Å²) >= 11 is 1.30. The van der Waals surface area contributed by atoms with Gasteiger partial charge < -0.3 is 4.90 Å². The van der Waals surface area contributed by atoms with Crippen LogP contribution in [0.5, 0.6) is 0 Å². The molecule has 1 fully saturated rings. The van der Waals surface area contributed by atoms with E-state index in [1.165, 1.54) is 17.5 Å². The summed E-state index contributed by atoms with van der Waals surface area (Å²) in [4.78, 5) is 17.2. The first-order chi connectivity index (χ1) is 7.52. The Hall–Kier alpha value is -0.950. The lowest BCUT2D eigenvalue weighted by Crippen LogP contribution is -2.46. The molecule has 1 aliphatic rings. The fourth-order valence-electron chi connectivity index (χ4n) is 1.75. The van der Waals surface area contributed by atoms with Gasteiger partial charge >= 0.3 is 0 Å². The van der Waals surface area contributed by atoms with Crippen LogP contribution in [-0.4, -0.2) is 43.8 Å². The molecule has 1 aromatic heterocycles. The maximum atomic E-state index is 11.4. The predicted octanol–water partition coefficient (Wildman–Crippen LogP) is 0.579. The summed E-state index contributed by atoms with van der Waals surface area (Å²) < 4.78 is 22.8. The van der Waals surface area contributed by atoms with E-state index in [1.54, 1.807) is 0 Å². The van der Waals surface area contributed by atoms with Gasteiger partial charge in [0.2, 0.25) is 0 Å². The lowest BCUT2D eigenvalue weighted by molar-refractivity contribution is 0.112. The van der Waals surface area contributed by atoms with Crippen LogP contribution in [0.15, 0.2) is 6.20 Å². The fourth-order valence-corrected chi connectivity index (χ4v) is 4.16. The number of carbonyl (C=O) groups excluding carboxylic acids is 1. The second-order valence-corrected chi connectivity index (χ2v) is 7.09. The topological polar surface area (TPSA) is 67.3 Å². The van der Waals surface area contributed by atoms with Crippen molar-refractivity contribution in [3.05, 3.63) is 11.1 Å². The number of rotatable bonds is 2. The van der Waals surface area contributed by atoms with Gasteiger partial charge in [-0.15, -0.1) is 0 Å². The van der Waals surface area contributed by atoms with E-state index in [1.807, 2.05) is 11.8 Å². The standard InChI is InChI=1S/C9H12N2O3S2/c1-7-6-16(13,14)3-2-11(7)9-10-4-8(5-12)15-9/h4-5,7H,2-3,6H2,1H3. The van der Waals surface area contributed by atoms with Crippen LogP contribution in [0.3, 0.4) is 0 Å². The second-order valence-electron chi connectivity index (χ2n) is 3.82. The molecule has 0 spiro atoms. The van der Waals surface area contributed by atoms with Crippen LogP contribution in [0.4, 0.5) is 5.13 Å². The molecule has 0 radical (unpaired) electrons. The summed E-state index contributed by atoms with van der Waals surface area (Å²) in [6, 6.07) is -0.0793. The van der Waals surface area contributed by atoms with Crippen molar-refractivity contribution < 1.29 is 13.2 Å². The van der Waals surface area contributed by atoms with Crippen LogP contribution in [0.1, 0.15) is 16.6 Å². The number of anilines is 1. The highest BCUT2D eigenvalue weighted by molar-refractivity contribution is 7.91. The zero-order valence-electron chi connectivity index (χ0n) is 8.79. The molecular formula is C9H12N2O3S2. The molecule has 16 heavy (non-hydrogen) atoms. The normalized spacial score (nSPS) is 24.3. The van der Waals surface area contributed by atoms with Crippen molar-refractivity contribution in [2.45, 2.75) is 13.0 Å². The van der Waals surface area contributed by atoms with Gasteiger partial charge in [0.05, 0.1) is 22.6 Å². The van der Waals surface area contributed by atoms with Crippen molar-refractivity contribution in [2.75, 3.05) is 23.0 Å². The highest BCUT2D eigenvalue weighted by atomic mass is 32.2. The van der Waals surface area contributed by atoms with Crippen molar-refractivity contribution in [1.29, 1.82) is 0 Å². The molecule has 0 bridgehead atoms. The number of aromatic nitrogens is 1. The Labute approximate surface area is 98.0 Å². The number of hydrogen-bond acceptors (Lipinski definition) is 6. The van der Waals surface area contributed by atoms with Gasteiger partial charge in [-0.3, -0.25) is 4.79 Å². The molecular weight excluding hydrogens is 248 g/mol. The van der Waals surface area contributed by atoms with E-state index in [9.17, 15) is 13.2 Å². The van der Waals surface area contributed by atoms with Crippen molar-refractivity contribution in [2.24, 2.45) is 0 Å². The lowest BCUT2D eigenvalue weighted by Gasteiger charge is -2.32. The average molecular weight is 260 g/mol. The van der Waals surface area contributed by atoms with E-state index in [0.717, 1.165) is 11.4 Å². The van der Waals surface area contributed by atoms with E-state index in [0.29, 0.717) is 11.4 Å². The Kier molecular flexibility index (Phi) is 2.98. The van der Waals surface area contributed by atoms with Gasteiger partial charge in [-0.2, -0.15) is 0 Å². The Morgan fingerprint density at radius 1 is 1.62 bits per heavy atom. The van der Waals surface area contributed by atoms with Crippen LogP contribution in [-0.2, 0) is 9.84 Å². The molecule has 1 aliphatic heterocycles. The summed E-state index contributed by atoms with van der Waals surface area (Å²) in [6.07, 6.45) is 2.27. The van der Waals surface area contributed by atoms with E-state index in [2.05, 4.69) is 4.98 Å². The number of sulfone groups is 1. The van der Waals surface area contributed by atoms with Crippen molar-refractivity contribution in [3.63, 3.8) is 0 Å². The van der Waals surface area contributed by atoms with Gasteiger partial charge in [-0.1, -0.05) is 11.3 Å².